The summed E-state index contributed by atoms with van der Waals surface area (Å²) in [6, 6.07) is 13.2. The number of benzene rings is 2. The number of hydrogen-bond donors (Lipinski definition) is 3. The van der Waals surface area contributed by atoms with Gasteiger partial charge in [-0.05, 0) is 60.3 Å². The quantitative estimate of drug-likeness (QED) is 0.303. The van der Waals surface area contributed by atoms with Gasteiger partial charge in [0, 0.05) is 28.6 Å². The van der Waals surface area contributed by atoms with Crippen molar-refractivity contribution < 1.29 is 17.9 Å². The van der Waals surface area contributed by atoms with E-state index in [1.54, 1.807) is 6.08 Å². The third-order valence-electron chi connectivity index (χ3n) is 4.05. The number of hydrogen-bond acceptors (Lipinski definition) is 7. The Bertz CT molecular complexity index is 1280. The molecule has 2 aromatic carbocycles. The first kappa shape index (κ1) is 24.3. The molecule has 1 aromatic heterocycles. The molecular weight excluding hydrogens is 530 g/mol. The topological polar surface area (TPSA) is 122 Å². The molecule has 0 aliphatic rings. The van der Waals surface area contributed by atoms with Crippen LogP contribution in [0.25, 0.3) is 6.08 Å². The summed E-state index contributed by atoms with van der Waals surface area (Å²) < 4.78 is 33.5. The summed E-state index contributed by atoms with van der Waals surface area (Å²) in [6.45, 7) is 0. The first-order chi connectivity index (χ1) is 15.8. The number of nitrogens with one attached hydrogen (secondary N) is 3. The lowest BCUT2D eigenvalue weighted by molar-refractivity contribution is -0.115. The van der Waals surface area contributed by atoms with Crippen LogP contribution in [0.2, 0.25) is 0 Å². The maximum Gasteiger partial charge on any atom is 0.263 e. The van der Waals surface area contributed by atoms with Crippen molar-refractivity contribution >= 4 is 66.8 Å². The Morgan fingerprint density at radius 1 is 1.06 bits per heavy atom. The van der Waals surface area contributed by atoms with Crippen molar-refractivity contribution in [1.29, 1.82) is 0 Å². The highest BCUT2D eigenvalue weighted by molar-refractivity contribution is 9.10. The molecule has 0 spiro atoms. The van der Waals surface area contributed by atoms with Crippen LogP contribution in [0.5, 0.6) is 5.88 Å². The Morgan fingerprint density at radius 3 is 2.39 bits per heavy atom. The van der Waals surface area contributed by atoms with Crippen molar-refractivity contribution in [2.45, 2.75) is 4.90 Å². The number of carbonyl (C=O) groups excluding carboxylic acids is 1. The summed E-state index contributed by atoms with van der Waals surface area (Å²) in [5.41, 5.74) is 1.35. The number of sulfonamides is 1. The summed E-state index contributed by atoms with van der Waals surface area (Å²) in [5, 5.41) is 5.42. The fourth-order valence-corrected chi connectivity index (χ4v) is 4.00. The fraction of sp³-hybridized carbons (Fsp3) is 0.0476. The number of halogens is 1. The van der Waals surface area contributed by atoms with Gasteiger partial charge < -0.3 is 10.1 Å². The van der Waals surface area contributed by atoms with Crippen LogP contribution in [0.4, 0.5) is 11.5 Å². The van der Waals surface area contributed by atoms with Crippen LogP contribution in [-0.4, -0.2) is 36.5 Å². The molecule has 3 rings (SSSR count). The van der Waals surface area contributed by atoms with Gasteiger partial charge in [-0.25, -0.2) is 18.4 Å². The van der Waals surface area contributed by atoms with E-state index in [1.165, 1.54) is 49.8 Å². The Hall–Kier alpha value is -3.35. The average Bonchev–Trinajstić information content (AvgIpc) is 2.79. The van der Waals surface area contributed by atoms with E-state index in [2.05, 4.69) is 41.3 Å². The zero-order chi connectivity index (χ0) is 23.8. The minimum atomic E-state index is -3.92. The molecule has 0 unspecified atom stereocenters. The average molecular weight is 548 g/mol. The maximum atomic E-state index is 12.6. The largest absolute Gasteiger partial charge is 0.478 e. The molecule has 1 amide bonds. The first-order valence-electron chi connectivity index (χ1n) is 9.30. The van der Waals surface area contributed by atoms with E-state index in [-0.39, 0.29) is 21.7 Å². The molecule has 0 aliphatic carbocycles. The molecule has 3 aromatic rings. The molecule has 170 valence electrons. The summed E-state index contributed by atoms with van der Waals surface area (Å²) in [5.74, 6) is -0.381. The monoisotopic (exact) mass is 547 g/mol. The smallest absolute Gasteiger partial charge is 0.263 e. The number of nitrogens with zero attached hydrogens (tertiary/aromatic N) is 2. The van der Waals surface area contributed by atoms with Crippen molar-refractivity contribution in [2.24, 2.45) is 0 Å². The van der Waals surface area contributed by atoms with Gasteiger partial charge in [-0.15, -0.1) is 0 Å². The second kappa shape index (κ2) is 11.0. The minimum Gasteiger partial charge on any atom is -0.478 e. The molecule has 3 N–H and O–H groups in total. The molecule has 0 fully saturated rings. The normalized spacial score (nSPS) is 11.1. The van der Waals surface area contributed by atoms with E-state index in [1.807, 2.05) is 24.3 Å². The van der Waals surface area contributed by atoms with Gasteiger partial charge in [0.05, 0.1) is 12.0 Å². The van der Waals surface area contributed by atoms with Gasteiger partial charge in [0.25, 0.3) is 15.9 Å². The fourth-order valence-electron chi connectivity index (χ4n) is 2.51. The van der Waals surface area contributed by atoms with Crippen LogP contribution in [-0.2, 0) is 14.8 Å². The third kappa shape index (κ3) is 7.07. The van der Waals surface area contributed by atoms with E-state index in [9.17, 15) is 13.2 Å². The van der Waals surface area contributed by atoms with Crippen molar-refractivity contribution in [2.75, 3.05) is 17.1 Å². The van der Waals surface area contributed by atoms with E-state index in [0.717, 1.165) is 10.0 Å². The molecule has 9 nitrogen and oxygen atoms in total. The number of anilines is 2. The zero-order valence-electron chi connectivity index (χ0n) is 17.2. The SMILES string of the molecule is COc1nccnc1NS(=O)(=O)c1ccc(NC(=S)NC(=O)C=Cc2ccc(Br)cc2)cc1. The number of amides is 1. The lowest BCUT2D eigenvalue weighted by Crippen LogP contribution is -2.32. The van der Waals surface area contributed by atoms with Crippen LogP contribution < -0.4 is 20.1 Å². The Labute approximate surface area is 204 Å². The zero-order valence-corrected chi connectivity index (χ0v) is 20.4. The molecule has 0 aliphatic heterocycles. The van der Waals surface area contributed by atoms with Crippen molar-refractivity contribution in [3.05, 3.63) is 77.0 Å². The van der Waals surface area contributed by atoms with Gasteiger partial charge in [0.2, 0.25) is 11.7 Å². The highest BCUT2D eigenvalue weighted by atomic mass is 79.9. The summed E-state index contributed by atoms with van der Waals surface area (Å²) in [4.78, 5) is 19.9. The summed E-state index contributed by atoms with van der Waals surface area (Å²) in [6.07, 6.45) is 5.74. The summed E-state index contributed by atoms with van der Waals surface area (Å²) >= 11 is 8.49. The number of rotatable bonds is 7. The highest BCUT2D eigenvalue weighted by Gasteiger charge is 2.18. The molecule has 1 heterocycles. The Kier molecular flexibility index (Phi) is 8.09. The van der Waals surface area contributed by atoms with Crippen LogP contribution >= 0.6 is 28.1 Å². The van der Waals surface area contributed by atoms with Crippen LogP contribution in [0, 0.1) is 0 Å². The number of methoxy groups -OCH3 is 1. The van der Waals surface area contributed by atoms with Crippen LogP contribution in [0.3, 0.4) is 0 Å². The lowest BCUT2D eigenvalue weighted by atomic mass is 10.2. The van der Waals surface area contributed by atoms with Gasteiger partial charge in [-0.2, -0.15) is 0 Å². The second-order valence-corrected chi connectivity index (χ2v) is 9.38. The van der Waals surface area contributed by atoms with Gasteiger partial charge in [0.15, 0.2) is 5.11 Å². The van der Waals surface area contributed by atoms with E-state index < -0.39 is 15.9 Å². The van der Waals surface area contributed by atoms with Gasteiger partial charge >= 0.3 is 0 Å². The molecule has 0 atom stereocenters. The van der Waals surface area contributed by atoms with Crippen LogP contribution in [0.1, 0.15) is 5.56 Å². The van der Waals surface area contributed by atoms with Gasteiger partial charge in [0.1, 0.15) is 0 Å². The third-order valence-corrected chi connectivity index (χ3v) is 6.13. The second-order valence-electron chi connectivity index (χ2n) is 6.37. The Morgan fingerprint density at radius 2 is 1.73 bits per heavy atom. The van der Waals surface area contributed by atoms with E-state index in [4.69, 9.17) is 17.0 Å². The molecule has 0 bridgehead atoms. The molecular formula is C21H18BrN5O4S2. The van der Waals surface area contributed by atoms with Crippen LogP contribution in [0.15, 0.2) is 76.4 Å². The minimum absolute atomic E-state index is 0.00635. The standard InChI is InChI=1S/C21H18BrN5O4S2/c1-31-20-19(23-12-13-24-20)27-33(29,30)17-9-7-16(8-10-17)25-21(32)26-18(28)11-4-14-2-5-15(22)6-3-14/h2-13H,1H3,(H,23,27)(H2,25,26,28,32). The molecule has 0 saturated heterocycles. The molecule has 12 heteroatoms. The highest BCUT2D eigenvalue weighted by Crippen LogP contribution is 2.22. The molecule has 0 saturated carbocycles. The number of ether oxygens (including phenoxy) is 1. The van der Waals surface area contributed by atoms with Gasteiger partial charge in [-0.1, -0.05) is 28.1 Å². The summed E-state index contributed by atoms with van der Waals surface area (Å²) in [7, 11) is -2.56. The van der Waals surface area contributed by atoms with E-state index in [0.29, 0.717) is 5.69 Å². The predicted molar refractivity (Wildman–Crippen MR) is 133 cm³/mol. The van der Waals surface area contributed by atoms with Crippen molar-refractivity contribution in [3.63, 3.8) is 0 Å². The Balaban J connectivity index is 1.58. The molecule has 0 radical (unpaired) electrons. The van der Waals surface area contributed by atoms with Gasteiger partial charge in [-0.3, -0.25) is 14.8 Å². The maximum absolute atomic E-state index is 12.6. The van der Waals surface area contributed by atoms with Crippen molar-refractivity contribution in [3.8, 4) is 5.88 Å². The molecule has 33 heavy (non-hydrogen) atoms. The number of carbonyl (C=O) groups is 1. The predicted octanol–water partition coefficient (Wildman–Crippen LogP) is 3.57. The lowest BCUT2D eigenvalue weighted by Gasteiger charge is -2.11. The van der Waals surface area contributed by atoms with Crippen molar-refractivity contribution in [1.82, 2.24) is 15.3 Å². The number of thiocarbonyl (C=S) groups is 1. The van der Waals surface area contributed by atoms with E-state index >= 15 is 0 Å². The number of aromatic nitrogens is 2. The first-order valence-corrected chi connectivity index (χ1v) is 12.0.